The van der Waals surface area contributed by atoms with E-state index < -0.39 is 0 Å². The van der Waals surface area contributed by atoms with Crippen molar-refractivity contribution in [1.82, 2.24) is 9.99 Å². The number of aromatic nitrogens is 1. The first-order chi connectivity index (χ1) is 12.5. The number of rotatable bonds is 4. The van der Waals surface area contributed by atoms with Crippen molar-refractivity contribution in [2.75, 3.05) is 0 Å². The van der Waals surface area contributed by atoms with Crippen LogP contribution in [0.5, 0.6) is 5.75 Å². The van der Waals surface area contributed by atoms with Gasteiger partial charge in [-0.25, -0.2) is 5.43 Å². The lowest BCUT2D eigenvalue weighted by molar-refractivity contribution is 0.0955. The predicted molar refractivity (Wildman–Crippen MR) is 111 cm³/mol. The van der Waals surface area contributed by atoms with Gasteiger partial charge < -0.3 is 9.67 Å². The van der Waals surface area contributed by atoms with Gasteiger partial charge in [0.1, 0.15) is 5.75 Å². The fraction of sp³-hybridized carbons (Fsp3) is 0.100. The second kappa shape index (κ2) is 7.74. The monoisotopic (exact) mass is 459 g/mol. The van der Waals surface area contributed by atoms with E-state index >= 15 is 0 Å². The Kier molecular flexibility index (Phi) is 5.41. The summed E-state index contributed by atoms with van der Waals surface area (Å²) in [5.41, 5.74) is 7.11. The number of phenolic OH excluding ortho intramolecular Hbond substituents is 1. The summed E-state index contributed by atoms with van der Waals surface area (Å²) < 4.78 is 3.34. The molecule has 1 heterocycles. The highest BCUT2D eigenvalue weighted by molar-refractivity contribution is 14.1. The predicted octanol–water partition coefficient (Wildman–Crippen LogP) is 4.17. The first-order valence-corrected chi connectivity index (χ1v) is 9.11. The number of nitrogens with zero attached hydrogens (tertiary/aromatic N) is 2. The van der Waals surface area contributed by atoms with Crippen LogP contribution in [0.3, 0.4) is 0 Å². The number of halogens is 1. The molecule has 0 aliphatic carbocycles. The number of carbonyl (C=O) groups excluding carboxylic acids is 1. The molecule has 2 N–H and O–H groups in total. The summed E-state index contributed by atoms with van der Waals surface area (Å²) >= 11 is 2.28. The van der Waals surface area contributed by atoms with Crippen LogP contribution < -0.4 is 5.43 Å². The molecule has 0 aliphatic rings. The van der Waals surface area contributed by atoms with Crippen molar-refractivity contribution in [2.24, 2.45) is 5.10 Å². The van der Waals surface area contributed by atoms with E-state index in [1.807, 2.05) is 19.9 Å². The molecule has 0 bridgehead atoms. The van der Waals surface area contributed by atoms with Crippen LogP contribution in [-0.4, -0.2) is 21.8 Å². The van der Waals surface area contributed by atoms with E-state index in [1.54, 1.807) is 18.3 Å². The van der Waals surface area contributed by atoms with Gasteiger partial charge in [0.05, 0.1) is 6.21 Å². The minimum absolute atomic E-state index is 0.119. The van der Waals surface area contributed by atoms with Gasteiger partial charge in [0.2, 0.25) is 0 Å². The number of phenols is 1. The molecule has 0 fully saturated rings. The topological polar surface area (TPSA) is 66.6 Å². The Bertz CT molecular complexity index is 958. The third-order valence-electron chi connectivity index (χ3n) is 4.05. The summed E-state index contributed by atoms with van der Waals surface area (Å²) in [5.74, 6) is -0.208. The molecule has 3 aromatic rings. The molecular weight excluding hydrogens is 441 g/mol. The molecule has 6 heteroatoms. The number of aromatic hydroxyl groups is 1. The number of carbonyl (C=O) groups is 1. The van der Waals surface area contributed by atoms with Crippen molar-refractivity contribution in [2.45, 2.75) is 13.8 Å². The van der Waals surface area contributed by atoms with E-state index in [-0.39, 0.29) is 11.7 Å². The summed E-state index contributed by atoms with van der Waals surface area (Å²) in [7, 11) is 0. The van der Waals surface area contributed by atoms with Crippen LogP contribution >= 0.6 is 22.6 Å². The minimum Gasteiger partial charge on any atom is -0.508 e. The molecule has 0 radical (unpaired) electrons. The highest BCUT2D eigenvalue weighted by Crippen LogP contribution is 2.20. The van der Waals surface area contributed by atoms with Crippen LogP contribution in [0.1, 0.15) is 27.3 Å². The summed E-state index contributed by atoms with van der Waals surface area (Å²) in [6.45, 7) is 4.06. The maximum Gasteiger partial charge on any atom is 0.271 e. The number of benzene rings is 2. The SMILES string of the molecule is Cc1cc(C=NNC(=O)c2ccc(O)cc2)c(C)n1-c1ccc(I)cc1. The van der Waals surface area contributed by atoms with Gasteiger partial charge in [-0.3, -0.25) is 4.79 Å². The first kappa shape index (κ1) is 18.2. The van der Waals surface area contributed by atoms with E-state index in [9.17, 15) is 9.90 Å². The largest absolute Gasteiger partial charge is 0.508 e. The number of nitrogens with one attached hydrogen (secondary N) is 1. The van der Waals surface area contributed by atoms with Crippen molar-refractivity contribution in [3.63, 3.8) is 0 Å². The molecule has 132 valence electrons. The number of hydrogen-bond donors (Lipinski definition) is 2. The molecule has 0 saturated carbocycles. The van der Waals surface area contributed by atoms with Crippen LogP contribution in [0.15, 0.2) is 59.7 Å². The molecular formula is C20H18IN3O2. The quantitative estimate of drug-likeness (QED) is 0.350. The van der Waals surface area contributed by atoms with E-state index in [0.29, 0.717) is 5.56 Å². The smallest absolute Gasteiger partial charge is 0.271 e. The zero-order valence-electron chi connectivity index (χ0n) is 14.4. The fourth-order valence-electron chi connectivity index (χ4n) is 2.74. The van der Waals surface area contributed by atoms with Crippen LogP contribution in [-0.2, 0) is 0 Å². The molecule has 0 unspecified atom stereocenters. The van der Waals surface area contributed by atoms with Crippen molar-refractivity contribution < 1.29 is 9.90 Å². The Morgan fingerprint density at radius 2 is 1.77 bits per heavy atom. The van der Waals surface area contributed by atoms with Gasteiger partial charge in [0.25, 0.3) is 5.91 Å². The molecule has 1 aromatic heterocycles. The Hall–Kier alpha value is -2.61. The third kappa shape index (κ3) is 3.96. The number of hydrazone groups is 1. The maximum absolute atomic E-state index is 12.0. The summed E-state index contributed by atoms with van der Waals surface area (Å²) in [6, 6.07) is 16.3. The number of hydrogen-bond acceptors (Lipinski definition) is 3. The average molecular weight is 459 g/mol. The molecule has 0 spiro atoms. The lowest BCUT2D eigenvalue weighted by Crippen LogP contribution is -2.17. The van der Waals surface area contributed by atoms with E-state index in [0.717, 1.165) is 22.6 Å². The Morgan fingerprint density at radius 3 is 2.42 bits per heavy atom. The number of aryl methyl sites for hydroxylation is 1. The van der Waals surface area contributed by atoms with Gasteiger partial charge in [-0.1, -0.05) is 0 Å². The van der Waals surface area contributed by atoms with Crippen LogP contribution in [0.4, 0.5) is 0 Å². The van der Waals surface area contributed by atoms with Crippen LogP contribution in [0.25, 0.3) is 5.69 Å². The maximum atomic E-state index is 12.0. The minimum atomic E-state index is -0.326. The summed E-state index contributed by atoms with van der Waals surface area (Å²) in [5, 5.41) is 13.3. The van der Waals surface area contributed by atoms with Crippen molar-refractivity contribution >= 4 is 34.7 Å². The van der Waals surface area contributed by atoms with Crippen molar-refractivity contribution in [3.8, 4) is 11.4 Å². The van der Waals surface area contributed by atoms with E-state index in [2.05, 4.69) is 62.0 Å². The lowest BCUT2D eigenvalue weighted by Gasteiger charge is -2.09. The summed E-state index contributed by atoms with van der Waals surface area (Å²) in [4.78, 5) is 12.0. The number of amides is 1. The molecule has 1 amide bonds. The van der Waals surface area contributed by atoms with Crippen molar-refractivity contribution in [3.05, 3.63) is 80.7 Å². The molecule has 26 heavy (non-hydrogen) atoms. The molecule has 5 nitrogen and oxygen atoms in total. The molecule has 3 rings (SSSR count). The van der Waals surface area contributed by atoms with E-state index in [1.165, 1.54) is 15.7 Å². The summed E-state index contributed by atoms with van der Waals surface area (Å²) in [6.07, 6.45) is 1.64. The highest BCUT2D eigenvalue weighted by atomic mass is 127. The normalized spacial score (nSPS) is 11.0. The zero-order chi connectivity index (χ0) is 18.7. The van der Waals surface area contributed by atoms with Gasteiger partial charge in [-0.05, 0) is 91.0 Å². The van der Waals surface area contributed by atoms with Crippen LogP contribution in [0, 0.1) is 17.4 Å². The van der Waals surface area contributed by atoms with E-state index in [4.69, 9.17) is 0 Å². The lowest BCUT2D eigenvalue weighted by atomic mass is 10.2. The standard InChI is InChI=1S/C20H18IN3O2/c1-13-11-16(14(2)24(13)18-7-5-17(21)6-8-18)12-22-23-20(26)15-3-9-19(25)10-4-15/h3-12,25H,1-2H3,(H,23,26). The molecule has 2 aromatic carbocycles. The second-order valence-electron chi connectivity index (χ2n) is 5.88. The Balaban J connectivity index is 1.77. The fourth-order valence-corrected chi connectivity index (χ4v) is 3.10. The second-order valence-corrected chi connectivity index (χ2v) is 7.13. The molecule has 0 atom stereocenters. The van der Waals surface area contributed by atoms with Gasteiger partial charge in [0.15, 0.2) is 0 Å². The van der Waals surface area contributed by atoms with Gasteiger partial charge >= 0.3 is 0 Å². The Labute approximate surface area is 165 Å². The van der Waals surface area contributed by atoms with Gasteiger partial charge in [0, 0.05) is 31.8 Å². The highest BCUT2D eigenvalue weighted by Gasteiger charge is 2.10. The molecule has 0 aliphatic heterocycles. The third-order valence-corrected chi connectivity index (χ3v) is 4.77. The zero-order valence-corrected chi connectivity index (χ0v) is 16.6. The average Bonchev–Trinajstić information content (AvgIpc) is 2.90. The first-order valence-electron chi connectivity index (χ1n) is 8.03. The van der Waals surface area contributed by atoms with Gasteiger partial charge in [-0.2, -0.15) is 5.10 Å². The molecule has 0 saturated heterocycles. The Morgan fingerprint density at radius 1 is 1.12 bits per heavy atom. The van der Waals surface area contributed by atoms with Gasteiger partial charge in [-0.15, -0.1) is 0 Å². The van der Waals surface area contributed by atoms with Crippen LogP contribution in [0.2, 0.25) is 0 Å². The van der Waals surface area contributed by atoms with Crippen molar-refractivity contribution in [1.29, 1.82) is 0 Å².